The molecule has 0 aliphatic heterocycles. The zero-order valence-electron chi connectivity index (χ0n) is 13.1. The minimum atomic E-state index is -0.131. The van der Waals surface area contributed by atoms with E-state index < -0.39 is 0 Å². The van der Waals surface area contributed by atoms with E-state index in [2.05, 4.69) is 22.5 Å². The summed E-state index contributed by atoms with van der Waals surface area (Å²) in [5.41, 5.74) is 2.41. The van der Waals surface area contributed by atoms with Gasteiger partial charge in [0, 0.05) is 11.9 Å². The molecule has 0 spiro atoms. The first-order valence-corrected chi connectivity index (χ1v) is 8.17. The lowest BCUT2D eigenvalue weighted by Crippen LogP contribution is -2.24. The van der Waals surface area contributed by atoms with Gasteiger partial charge >= 0.3 is 0 Å². The molecule has 1 amide bonds. The number of benzene rings is 1. The van der Waals surface area contributed by atoms with Gasteiger partial charge in [0.15, 0.2) is 5.13 Å². The number of hydrogen-bond acceptors (Lipinski definition) is 5. The van der Waals surface area contributed by atoms with Gasteiger partial charge in [0.25, 0.3) is 5.91 Å². The van der Waals surface area contributed by atoms with Gasteiger partial charge in [-0.2, -0.15) is 0 Å². The SMILES string of the molecule is CCCCNC(=O)c1csc(Nc2cc(C)ccc2OC)n1. The molecule has 1 heterocycles. The largest absolute Gasteiger partial charge is 0.495 e. The lowest BCUT2D eigenvalue weighted by molar-refractivity contribution is 0.0949. The number of carbonyl (C=O) groups is 1. The number of unbranched alkanes of at least 4 members (excludes halogenated alkanes) is 1. The van der Waals surface area contributed by atoms with E-state index in [0.29, 0.717) is 17.4 Å². The molecule has 22 heavy (non-hydrogen) atoms. The highest BCUT2D eigenvalue weighted by Gasteiger charge is 2.11. The van der Waals surface area contributed by atoms with Crippen LogP contribution < -0.4 is 15.4 Å². The number of aryl methyl sites for hydroxylation is 1. The Morgan fingerprint density at radius 2 is 2.23 bits per heavy atom. The van der Waals surface area contributed by atoms with Crippen molar-refractivity contribution in [3.05, 3.63) is 34.8 Å². The number of carbonyl (C=O) groups excluding carboxylic acids is 1. The fourth-order valence-electron chi connectivity index (χ4n) is 1.94. The number of aromatic nitrogens is 1. The lowest BCUT2D eigenvalue weighted by Gasteiger charge is -2.09. The smallest absolute Gasteiger partial charge is 0.270 e. The van der Waals surface area contributed by atoms with Gasteiger partial charge in [-0.15, -0.1) is 11.3 Å². The van der Waals surface area contributed by atoms with E-state index in [1.807, 2.05) is 25.1 Å². The molecule has 2 aromatic rings. The van der Waals surface area contributed by atoms with Crippen LogP contribution in [0.3, 0.4) is 0 Å². The van der Waals surface area contributed by atoms with Crippen LogP contribution in [-0.2, 0) is 0 Å². The number of nitrogens with zero attached hydrogens (tertiary/aromatic N) is 1. The first-order chi connectivity index (χ1) is 10.6. The quantitative estimate of drug-likeness (QED) is 0.763. The third-order valence-corrected chi connectivity index (χ3v) is 3.91. The number of thiazole rings is 1. The molecule has 1 aromatic carbocycles. The number of rotatable bonds is 7. The second-order valence-electron chi connectivity index (χ2n) is 4.98. The van der Waals surface area contributed by atoms with Crippen molar-refractivity contribution in [2.45, 2.75) is 26.7 Å². The first-order valence-electron chi connectivity index (χ1n) is 7.29. The van der Waals surface area contributed by atoms with Gasteiger partial charge < -0.3 is 15.4 Å². The fraction of sp³-hybridized carbons (Fsp3) is 0.375. The number of nitrogens with one attached hydrogen (secondary N) is 2. The summed E-state index contributed by atoms with van der Waals surface area (Å²) >= 11 is 1.40. The maximum absolute atomic E-state index is 11.9. The number of anilines is 2. The maximum Gasteiger partial charge on any atom is 0.270 e. The Balaban J connectivity index is 2.06. The summed E-state index contributed by atoms with van der Waals surface area (Å²) in [4.78, 5) is 16.3. The van der Waals surface area contributed by atoms with Crippen molar-refractivity contribution in [2.24, 2.45) is 0 Å². The molecule has 2 rings (SSSR count). The van der Waals surface area contributed by atoms with Crippen LogP contribution in [-0.4, -0.2) is 24.5 Å². The average molecular weight is 319 g/mol. The van der Waals surface area contributed by atoms with Gasteiger partial charge in [0.05, 0.1) is 12.8 Å². The summed E-state index contributed by atoms with van der Waals surface area (Å²) in [5.74, 6) is 0.615. The van der Waals surface area contributed by atoms with Crippen molar-refractivity contribution in [1.29, 1.82) is 0 Å². The molecule has 5 nitrogen and oxygen atoms in total. The standard InChI is InChI=1S/C16H21N3O2S/c1-4-5-8-17-15(20)13-10-22-16(19-13)18-12-9-11(2)6-7-14(12)21-3/h6-7,9-10H,4-5,8H2,1-3H3,(H,17,20)(H,18,19). The van der Waals surface area contributed by atoms with Crippen LogP contribution in [0, 0.1) is 6.92 Å². The molecular formula is C16H21N3O2S. The van der Waals surface area contributed by atoms with E-state index in [0.717, 1.165) is 29.8 Å². The van der Waals surface area contributed by atoms with Gasteiger partial charge in [0.2, 0.25) is 0 Å². The highest BCUT2D eigenvalue weighted by molar-refractivity contribution is 7.14. The molecule has 0 atom stereocenters. The van der Waals surface area contributed by atoms with Gasteiger partial charge in [-0.25, -0.2) is 4.98 Å². The van der Waals surface area contributed by atoms with E-state index in [1.54, 1.807) is 12.5 Å². The molecule has 0 radical (unpaired) electrons. The Kier molecular flexibility index (Phi) is 5.77. The monoisotopic (exact) mass is 319 g/mol. The predicted molar refractivity (Wildman–Crippen MR) is 90.4 cm³/mol. The average Bonchev–Trinajstić information content (AvgIpc) is 2.96. The molecule has 0 aliphatic carbocycles. The van der Waals surface area contributed by atoms with Crippen molar-refractivity contribution in [3.63, 3.8) is 0 Å². The van der Waals surface area contributed by atoms with Gasteiger partial charge in [0.1, 0.15) is 11.4 Å². The fourth-order valence-corrected chi connectivity index (χ4v) is 2.64. The Morgan fingerprint density at radius 3 is 2.95 bits per heavy atom. The number of ether oxygens (including phenoxy) is 1. The third kappa shape index (κ3) is 4.21. The third-order valence-electron chi connectivity index (χ3n) is 3.15. The summed E-state index contributed by atoms with van der Waals surface area (Å²) in [6.07, 6.45) is 2.03. The molecule has 1 aromatic heterocycles. The van der Waals surface area contributed by atoms with E-state index >= 15 is 0 Å². The van der Waals surface area contributed by atoms with Crippen molar-refractivity contribution in [2.75, 3.05) is 19.0 Å². The van der Waals surface area contributed by atoms with Crippen LogP contribution in [0.5, 0.6) is 5.75 Å². The molecule has 0 saturated carbocycles. The number of methoxy groups -OCH3 is 1. The first kappa shape index (κ1) is 16.3. The molecule has 0 unspecified atom stereocenters. The number of hydrogen-bond donors (Lipinski definition) is 2. The van der Waals surface area contributed by atoms with Crippen LogP contribution in [0.15, 0.2) is 23.6 Å². The van der Waals surface area contributed by atoms with Crippen molar-refractivity contribution in [1.82, 2.24) is 10.3 Å². The minimum Gasteiger partial charge on any atom is -0.495 e. The summed E-state index contributed by atoms with van der Waals surface area (Å²) in [6.45, 7) is 4.78. The number of amides is 1. The zero-order chi connectivity index (χ0) is 15.9. The normalized spacial score (nSPS) is 10.3. The van der Waals surface area contributed by atoms with Crippen molar-refractivity contribution in [3.8, 4) is 5.75 Å². The van der Waals surface area contributed by atoms with Crippen LogP contribution in [0.25, 0.3) is 0 Å². The summed E-state index contributed by atoms with van der Waals surface area (Å²) in [7, 11) is 1.63. The molecule has 0 bridgehead atoms. The molecule has 2 N–H and O–H groups in total. The molecule has 0 fully saturated rings. The van der Waals surface area contributed by atoms with Crippen LogP contribution in [0.4, 0.5) is 10.8 Å². The van der Waals surface area contributed by atoms with Gasteiger partial charge in [-0.1, -0.05) is 19.4 Å². The van der Waals surface area contributed by atoms with E-state index in [4.69, 9.17) is 4.74 Å². The Labute approximate surface area is 134 Å². The predicted octanol–water partition coefficient (Wildman–Crippen LogP) is 3.73. The Bertz CT molecular complexity index is 640. The zero-order valence-corrected chi connectivity index (χ0v) is 13.9. The van der Waals surface area contributed by atoms with Crippen LogP contribution in [0.1, 0.15) is 35.8 Å². The topological polar surface area (TPSA) is 63.2 Å². The highest BCUT2D eigenvalue weighted by atomic mass is 32.1. The lowest BCUT2D eigenvalue weighted by atomic mass is 10.2. The van der Waals surface area contributed by atoms with Crippen molar-refractivity contribution >= 4 is 28.1 Å². The Morgan fingerprint density at radius 1 is 1.41 bits per heavy atom. The molecule has 0 aliphatic rings. The molecule has 118 valence electrons. The summed E-state index contributed by atoms with van der Waals surface area (Å²) in [6, 6.07) is 5.88. The van der Waals surface area contributed by atoms with E-state index in [-0.39, 0.29) is 5.91 Å². The second kappa shape index (κ2) is 7.79. The minimum absolute atomic E-state index is 0.131. The van der Waals surface area contributed by atoms with Gasteiger partial charge in [-0.05, 0) is 31.0 Å². The molecule has 6 heteroatoms. The molecular weight excluding hydrogens is 298 g/mol. The maximum atomic E-state index is 11.9. The van der Waals surface area contributed by atoms with Crippen molar-refractivity contribution < 1.29 is 9.53 Å². The highest BCUT2D eigenvalue weighted by Crippen LogP contribution is 2.29. The second-order valence-corrected chi connectivity index (χ2v) is 5.83. The van der Waals surface area contributed by atoms with Crippen LogP contribution in [0.2, 0.25) is 0 Å². The molecule has 0 saturated heterocycles. The van der Waals surface area contributed by atoms with Gasteiger partial charge in [-0.3, -0.25) is 4.79 Å². The summed E-state index contributed by atoms with van der Waals surface area (Å²) < 4.78 is 5.33. The van der Waals surface area contributed by atoms with E-state index in [9.17, 15) is 4.79 Å². The summed E-state index contributed by atoms with van der Waals surface area (Å²) in [5, 5.41) is 8.50. The Hall–Kier alpha value is -2.08. The van der Waals surface area contributed by atoms with Crippen LogP contribution >= 0.6 is 11.3 Å². The van der Waals surface area contributed by atoms with E-state index in [1.165, 1.54) is 11.3 Å².